The second-order valence-electron chi connectivity index (χ2n) is 4.78. The van der Waals surface area contributed by atoms with Crippen LogP contribution >= 0.6 is 23.6 Å². The zero-order valence-corrected chi connectivity index (χ0v) is 13.9. The number of thiophene rings is 1. The molecule has 7 heteroatoms. The summed E-state index contributed by atoms with van der Waals surface area (Å²) < 4.78 is 2.26. The van der Waals surface area contributed by atoms with E-state index in [4.69, 9.17) is 12.2 Å². The van der Waals surface area contributed by atoms with Crippen molar-refractivity contribution in [3.63, 3.8) is 0 Å². The van der Waals surface area contributed by atoms with Crippen LogP contribution in [0.4, 0.5) is 0 Å². The zero-order valence-electron chi connectivity index (χ0n) is 12.3. The molecule has 0 aliphatic carbocycles. The molecule has 0 saturated carbocycles. The third-order valence-electron chi connectivity index (χ3n) is 3.14. The van der Waals surface area contributed by atoms with Gasteiger partial charge >= 0.3 is 0 Å². The predicted molar refractivity (Wildman–Crippen MR) is 87.0 cm³/mol. The van der Waals surface area contributed by atoms with Crippen molar-refractivity contribution >= 4 is 29.5 Å². The summed E-state index contributed by atoms with van der Waals surface area (Å²) in [6.45, 7) is 4.99. The maximum absolute atomic E-state index is 12.1. The van der Waals surface area contributed by atoms with Crippen molar-refractivity contribution in [2.45, 2.75) is 46.2 Å². The van der Waals surface area contributed by atoms with Crippen LogP contribution in [-0.2, 0) is 30.7 Å². The summed E-state index contributed by atoms with van der Waals surface area (Å²) >= 11 is 6.91. The van der Waals surface area contributed by atoms with Crippen molar-refractivity contribution in [2.24, 2.45) is 0 Å². The predicted octanol–water partition coefficient (Wildman–Crippen LogP) is 2.83. The molecule has 0 bridgehead atoms. The van der Waals surface area contributed by atoms with Crippen LogP contribution in [0.3, 0.4) is 0 Å². The van der Waals surface area contributed by atoms with E-state index in [1.807, 2.05) is 0 Å². The second-order valence-corrected chi connectivity index (χ2v) is 6.42. The average molecular weight is 324 g/mol. The summed E-state index contributed by atoms with van der Waals surface area (Å²) in [6.07, 6.45) is 2.81. The highest BCUT2D eigenvalue weighted by molar-refractivity contribution is 7.71. The van der Waals surface area contributed by atoms with Gasteiger partial charge in [-0.15, -0.1) is 11.3 Å². The molecule has 0 aromatic carbocycles. The molecule has 2 aromatic heterocycles. The van der Waals surface area contributed by atoms with E-state index < -0.39 is 0 Å². The largest absolute Gasteiger partial charge is 0.350 e. The van der Waals surface area contributed by atoms with Crippen molar-refractivity contribution in [1.82, 2.24) is 20.1 Å². The van der Waals surface area contributed by atoms with Crippen LogP contribution in [-0.4, -0.2) is 20.7 Å². The highest BCUT2D eigenvalue weighted by Crippen LogP contribution is 2.16. The molecule has 5 nitrogen and oxygen atoms in total. The second kappa shape index (κ2) is 7.51. The van der Waals surface area contributed by atoms with Crippen LogP contribution in [0.25, 0.3) is 0 Å². The number of nitrogens with one attached hydrogen (secondary N) is 2. The Labute approximate surface area is 133 Å². The Morgan fingerprint density at radius 3 is 2.86 bits per heavy atom. The minimum atomic E-state index is -0.0451. The number of hydrogen-bond donors (Lipinski definition) is 2. The Bertz CT molecular complexity index is 656. The van der Waals surface area contributed by atoms with Gasteiger partial charge in [-0.05, 0) is 37.2 Å². The van der Waals surface area contributed by atoms with E-state index >= 15 is 0 Å². The van der Waals surface area contributed by atoms with E-state index in [2.05, 4.69) is 41.5 Å². The van der Waals surface area contributed by atoms with E-state index in [1.54, 1.807) is 15.9 Å². The fraction of sp³-hybridized carbons (Fsp3) is 0.500. The molecule has 0 atom stereocenters. The van der Waals surface area contributed by atoms with Gasteiger partial charge in [-0.2, -0.15) is 5.10 Å². The van der Waals surface area contributed by atoms with E-state index in [1.165, 1.54) is 9.75 Å². The Morgan fingerprint density at radius 2 is 2.19 bits per heavy atom. The van der Waals surface area contributed by atoms with E-state index in [0.29, 0.717) is 11.3 Å². The maximum Gasteiger partial charge on any atom is 0.240 e. The first-order valence-corrected chi connectivity index (χ1v) is 8.34. The lowest BCUT2D eigenvalue weighted by Gasteiger charge is -2.07. The molecule has 0 unspecified atom stereocenters. The van der Waals surface area contributed by atoms with Gasteiger partial charge in [0.05, 0.1) is 6.54 Å². The minimum absolute atomic E-state index is 0.0451. The highest BCUT2D eigenvalue weighted by Gasteiger charge is 2.10. The number of carbonyl (C=O) groups excluding carboxylic acids is 1. The third kappa shape index (κ3) is 4.25. The highest BCUT2D eigenvalue weighted by atomic mass is 32.1. The summed E-state index contributed by atoms with van der Waals surface area (Å²) in [4.78, 5) is 14.6. The molecule has 2 N–H and O–H groups in total. The molecule has 2 heterocycles. The van der Waals surface area contributed by atoms with Crippen molar-refractivity contribution in [3.05, 3.63) is 32.5 Å². The number of rotatable bonds is 7. The van der Waals surface area contributed by atoms with Gasteiger partial charge in [0.25, 0.3) is 0 Å². The first-order valence-electron chi connectivity index (χ1n) is 7.12. The fourth-order valence-electron chi connectivity index (χ4n) is 2.02. The minimum Gasteiger partial charge on any atom is -0.350 e. The van der Waals surface area contributed by atoms with Crippen LogP contribution in [0.1, 0.15) is 35.8 Å². The topological polar surface area (TPSA) is 62.7 Å². The molecule has 2 rings (SSSR count). The van der Waals surface area contributed by atoms with Gasteiger partial charge in [0.2, 0.25) is 5.91 Å². The van der Waals surface area contributed by atoms with Gasteiger partial charge in [-0.1, -0.05) is 13.8 Å². The van der Waals surface area contributed by atoms with Crippen molar-refractivity contribution in [2.75, 3.05) is 0 Å². The molecule has 114 valence electrons. The standard InChI is InChI=1S/C14H20N4OS2/c1-3-5-12-16-17-14(20)18(12)9-13(19)15-8-11-7-6-10(4-2)21-11/h6-7H,3-5,8-9H2,1-2H3,(H,15,19)(H,17,20). The molecule has 0 aliphatic heterocycles. The van der Waals surface area contributed by atoms with Crippen LogP contribution in [0.2, 0.25) is 0 Å². The number of hydrogen-bond acceptors (Lipinski definition) is 4. The number of amides is 1. The number of aromatic amines is 1. The Morgan fingerprint density at radius 1 is 1.43 bits per heavy atom. The SMILES string of the molecule is CCCc1n[nH]c(=S)n1CC(=O)NCc1ccc(CC)s1. The van der Waals surface area contributed by atoms with Crippen molar-refractivity contribution in [1.29, 1.82) is 0 Å². The first kappa shape index (κ1) is 15.9. The van der Waals surface area contributed by atoms with Crippen molar-refractivity contribution < 1.29 is 4.79 Å². The Hall–Kier alpha value is -1.47. The fourth-order valence-corrected chi connectivity index (χ4v) is 3.13. The summed E-state index contributed by atoms with van der Waals surface area (Å²) in [5.74, 6) is 0.790. The normalized spacial score (nSPS) is 10.8. The molecule has 21 heavy (non-hydrogen) atoms. The van der Waals surface area contributed by atoms with Crippen LogP contribution in [0.5, 0.6) is 0 Å². The molecule has 0 spiro atoms. The molecular formula is C14H20N4OS2. The third-order valence-corrected chi connectivity index (χ3v) is 4.68. The first-order chi connectivity index (χ1) is 10.1. The molecule has 0 radical (unpaired) electrons. The van der Waals surface area contributed by atoms with Gasteiger partial charge in [-0.3, -0.25) is 14.5 Å². The summed E-state index contributed by atoms with van der Waals surface area (Å²) in [5.41, 5.74) is 0. The number of aromatic nitrogens is 3. The number of H-pyrrole nitrogens is 1. The summed E-state index contributed by atoms with van der Waals surface area (Å²) in [6, 6.07) is 4.17. The Kier molecular flexibility index (Phi) is 5.69. The van der Waals surface area contributed by atoms with E-state index in [9.17, 15) is 4.79 Å². The molecular weight excluding hydrogens is 304 g/mol. The lowest BCUT2D eigenvalue weighted by atomic mass is 10.3. The van der Waals surface area contributed by atoms with E-state index in [0.717, 1.165) is 25.1 Å². The van der Waals surface area contributed by atoms with Gasteiger partial charge < -0.3 is 5.32 Å². The number of aryl methyl sites for hydroxylation is 2. The molecule has 0 aliphatic rings. The van der Waals surface area contributed by atoms with Gasteiger partial charge in [0, 0.05) is 16.2 Å². The van der Waals surface area contributed by atoms with Gasteiger partial charge in [-0.25, -0.2) is 0 Å². The monoisotopic (exact) mass is 324 g/mol. The average Bonchev–Trinajstić information content (AvgIpc) is 3.07. The van der Waals surface area contributed by atoms with Crippen LogP contribution < -0.4 is 5.32 Å². The van der Waals surface area contributed by atoms with Crippen LogP contribution in [0.15, 0.2) is 12.1 Å². The zero-order chi connectivity index (χ0) is 15.2. The van der Waals surface area contributed by atoms with Gasteiger partial charge in [0.15, 0.2) is 4.77 Å². The molecule has 1 amide bonds. The summed E-state index contributed by atoms with van der Waals surface area (Å²) in [7, 11) is 0. The van der Waals surface area contributed by atoms with E-state index in [-0.39, 0.29) is 12.5 Å². The lowest BCUT2D eigenvalue weighted by Crippen LogP contribution is -2.27. The quantitative estimate of drug-likeness (QED) is 0.770. The van der Waals surface area contributed by atoms with Crippen LogP contribution in [0, 0.1) is 4.77 Å². The summed E-state index contributed by atoms with van der Waals surface area (Å²) in [5, 5.41) is 9.84. The van der Waals surface area contributed by atoms with Crippen molar-refractivity contribution in [3.8, 4) is 0 Å². The molecule has 0 saturated heterocycles. The Balaban J connectivity index is 1.92. The maximum atomic E-state index is 12.1. The molecule has 2 aromatic rings. The van der Waals surface area contributed by atoms with Gasteiger partial charge in [0.1, 0.15) is 12.4 Å². The smallest absolute Gasteiger partial charge is 0.240 e. The molecule has 0 fully saturated rings. The number of nitrogens with zero attached hydrogens (tertiary/aromatic N) is 2. The lowest BCUT2D eigenvalue weighted by molar-refractivity contribution is -0.121. The number of carbonyl (C=O) groups is 1.